The van der Waals surface area contributed by atoms with E-state index in [9.17, 15) is 14.7 Å². The number of ether oxygens (including phenoxy) is 1. The van der Waals surface area contributed by atoms with E-state index in [-0.39, 0.29) is 11.3 Å². The number of rotatable bonds is 10. The molecule has 0 saturated carbocycles. The van der Waals surface area contributed by atoms with E-state index < -0.39 is 17.7 Å². The van der Waals surface area contributed by atoms with Gasteiger partial charge in [-0.3, -0.25) is 14.5 Å². The van der Waals surface area contributed by atoms with Gasteiger partial charge in [0.05, 0.1) is 11.6 Å². The Labute approximate surface area is 276 Å². The summed E-state index contributed by atoms with van der Waals surface area (Å²) < 4.78 is 6.65. The number of thioether (sulfide) groups is 1. The molecule has 7 nitrogen and oxygen atoms in total. The van der Waals surface area contributed by atoms with Crippen molar-refractivity contribution < 1.29 is 19.4 Å². The Morgan fingerprint density at radius 2 is 1.59 bits per heavy atom. The summed E-state index contributed by atoms with van der Waals surface area (Å²) >= 11 is 2.77. The molecule has 4 aromatic carbocycles. The van der Waals surface area contributed by atoms with Crippen molar-refractivity contribution in [2.24, 2.45) is 0 Å². The molecule has 0 spiro atoms. The van der Waals surface area contributed by atoms with Gasteiger partial charge in [-0.25, -0.2) is 0 Å². The lowest BCUT2D eigenvalue weighted by Crippen LogP contribution is -2.29. The molecule has 1 aliphatic heterocycles. The molecule has 2 heterocycles. The Hall–Kier alpha value is -4.73. The summed E-state index contributed by atoms with van der Waals surface area (Å²) in [5, 5.41) is 20.5. The maximum absolute atomic E-state index is 13.6. The summed E-state index contributed by atoms with van der Waals surface area (Å²) in [5.41, 5.74) is 6.79. The third-order valence-corrected chi connectivity index (χ3v) is 10.1. The number of carbonyl (C=O) groups is 2. The molecule has 1 aromatic heterocycles. The Kier molecular flexibility index (Phi) is 9.33. The number of amides is 1. The van der Waals surface area contributed by atoms with Crippen molar-refractivity contribution in [1.82, 2.24) is 10.2 Å². The number of aryl methyl sites for hydroxylation is 3. The fraction of sp³-hybridized carbons (Fsp3) is 0.189. The van der Waals surface area contributed by atoms with Crippen molar-refractivity contribution in [3.63, 3.8) is 0 Å². The smallest absolute Gasteiger partial charge is 0.301 e. The van der Waals surface area contributed by atoms with Crippen molar-refractivity contribution in [2.75, 3.05) is 4.90 Å². The molecule has 6 rings (SSSR count). The first kappa shape index (κ1) is 31.3. The molecule has 1 amide bonds. The quantitative estimate of drug-likeness (QED) is 0.0537. The van der Waals surface area contributed by atoms with Crippen molar-refractivity contribution in [3.05, 3.63) is 142 Å². The monoisotopic (exact) mass is 647 g/mol. The third-order valence-electron chi connectivity index (χ3n) is 8.02. The average Bonchev–Trinajstić information content (AvgIpc) is 3.65. The highest BCUT2D eigenvalue weighted by molar-refractivity contribution is 8.00. The number of benzene rings is 4. The average molecular weight is 648 g/mol. The van der Waals surface area contributed by atoms with Crippen LogP contribution in [0.5, 0.6) is 5.75 Å². The second-order valence-electron chi connectivity index (χ2n) is 11.1. The molecular formula is C37H33N3O4S2. The van der Waals surface area contributed by atoms with Crippen LogP contribution in [0.25, 0.3) is 5.76 Å². The maximum Gasteiger partial charge on any atom is 0.301 e. The summed E-state index contributed by atoms with van der Waals surface area (Å²) in [5.74, 6) is -0.465. The van der Waals surface area contributed by atoms with E-state index in [1.54, 1.807) is 24.3 Å². The second-order valence-corrected chi connectivity index (χ2v) is 13.3. The molecule has 232 valence electrons. The zero-order chi connectivity index (χ0) is 32.2. The van der Waals surface area contributed by atoms with Crippen molar-refractivity contribution in [1.29, 1.82) is 0 Å². The van der Waals surface area contributed by atoms with Crippen LogP contribution in [0.15, 0.2) is 107 Å². The molecule has 1 atom stereocenters. The van der Waals surface area contributed by atoms with Crippen LogP contribution in [-0.2, 0) is 28.4 Å². The number of aliphatic hydroxyl groups is 1. The molecule has 1 unspecified atom stereocenters. The molecule has 0 aliphatic carbocycles. The molecule has 9 heteroatoms. The number of ketones is 1. The van der Waals surface area contributed by atoms with Crippen molar-refractivity contribution in [2.45, 2.75) is 49.9 Å². The van der Waals surface area contributed by atoms with Gasteiger partial charge in [-0.15, -0.1) is 10.2 Å². The first-order chi connectivity index (χ1) is 22.3. The third kappa shape index (κ3) is 6.61. The lowest BCUT2D eigenvalue weighted by atomic mass is 9.94. The molecule has 1 fully saturated rings. The van der Waals surface area contributed by atoms with Gasteiger partial charge in [0.25, 0.3) is 5.78 Å². The van der Waals surface area contributed by atoms with Gasteiger partial charge in [0.15, 0.2) is 4.34 Å². The van der Waals surface area contributed by atoms with E-state index >= 15 is 0 Å². The van der Waals surface area contributed by atoms with Gasteiger partial charge >= 0.3 is 5.91 Å². The Morgan fingerprint density at radius 3 is 2.28 bits per heavy atom. The summed E-state index contributed by atoms with van der Waals surface area (Å²) in [6.07, 6.45) is 0.844. The molecule has 0 radical (unpaired) electrons. The normalized spacial score (nSPS) is 15.8. The lowest BCUT2D eigenvalue weighted by molar-refractivity contribution is -0.132. The van der Waals surface area contributed by atoms with Gasteiger partial charge in [-0.1, -0.05) is 108 Å². The number of hydrogen-bond donors (Lipinski definition) is 1. The molecule has 1 saturated heterocycles. The largest absolute Gasteiger partial charge is 0.507 e. The van der Waals surface area contributed by atoms with Gasteiger partial charge in [0, 0.05) is 11.3 Å². The minimum absolute atomic E-state index is 0.00638. The minimum Gasteiger partial charge on any atom is -0.507 e. The fourth-order valence-electron chi connectivity index (χ4n) is 5.27. The number of anilines is 1. The van der Waals surface area contributed by atoms with E-state index in [0.717, 1.165) is 28.7 Å². The first-order valence-electron chi connectivity index (χ1n) is 15.0. The van der Waals surface area contributed by atoms with Gasteiger partial charge in [-0.05, 0) is 72.4 Å². The topological polar surface area (TPSA) is 92.6 Å². The van der Waals surface area contributed by atoms with Crippen molar-refractivity contribution >= 4 is 45.7 Å². The van der Waals surface area contributed by atoms with Crippen LogP contribution in [-0.4, -0.2) is 27.0 Å². The summed E-state index contributed by atoms with van der Waals surface area (Å²) in [7, 11) is 0. The van der Waals surface area contributed by atoms with Gasteiger partial charge < -0.3 is 9.84 Å². The highest BCUT2D eigenvalue weighted by atomic mass is 32.2. The molecular weight excluding hydrogens is 615 g/mol. The second kappa shape index (κ2) is 13.7. The number of aromatic nitrogens is 2. The van der Waals surface area contributed by atoms with Crippen LogP contribution >= 0.6 is 23.1 Å². The number of nitrogens with zero attached hydrogens (tertiary/aromatic N) is 3. The highest BCUT2D eigenvalue weighted by Crippen LogP contribution is 2.44. The number of aliphatic hydroxyl groups excluding tert-OH is 1. The predicted molar refractivity (Wildman–Crippen MR) is 183 cm³/mol. The standard InChI is InChI=1S/C37H33N3O4S2/c1-4-25-13-15-27(16-14-25)32-31(33(41)28-17-19-30(20-18-28)44-21-29-8-6-5-7-24(29)3)34(42)35(43)40(32)36-38-39-37(46-36)45-22-26-11-9-23(2)10-12-26/h5-20,32,41H,4,21-22H2,1-3H3/b33-31+. The van der Waals surface area contributed by atoms with E-state index in [2.05, 4.69) is 41.4 Å². The van der Waals surface area contributed by atoms with Gasteiger partial charge in [0.1, 0.15) is 18.1 Å². The maximum atomic E-state index is 13.6. The first-order valence-corrected chi connectivity index (χ1v) is 16.8. The predicted octanol–water partition coefficient (Wildman–Crippen LogP) is 8.21. The van der Waals surface area contributed by atoms with E-state index in [1.165, 1.54) is 33.6 Å². The number of carbonyl (C=O) groups excluding carboxylic acids is 2. The Bertz CT molecular complexity index is 1900. The van der Waals surface area contributed by atoms with Crippen LogP contribution in [0.3, 0.4) is 0 Å². The Balaban J connectivity index is 1.30. The number of hydrogen-bond acceptors (Lipinski definition) is 8. The van der Waals surface area contributed by atoms with E-state index in [1.807, 2.05) is 62.4 Å². The SMILES string of the molecule is CCc1ccc(C2/C(=C(\O)c3ccc(OCc4ccccc4C)cc3)C(=O)C(=O)N2c2nnc(SCc3ccc(C)cc3)s2)cc1. The molecule has 1 N–H and O–H groups in total. The number of Topliss-reactive ketones (excluding diaryl/α,β-unsaturated/α-hetero) is 1. The summed E-state index contributed by atoms with van der Waals surface area (Å²) in [4.78, 5) is 28.6. The van der Waals surface area contributed by atoms with Crippen LogP contribution in [0.2, 0.25) is 0 Å². The van der Waals surface area contributed by atoms with Crippen LogP contribution in [0.4, 0.5) is 5.13 Å². The molecule has 46 heavy (non-hydrogen) atoms. The van der Waals surface area contributed by atoms with Crippen LogP contribution < -0.4 is 9.64 Å². The lowest BCUT2D eigenvalue weighted by Gasteiger charge is -2.22. The highest BCUT2D eigenvalue weighted by Gasteiger charge is 2.48. The summed E-state index contributed by atoms with van der Waals surface area (Å²) in [6.45, 7) is 6.55. The molecule has 0 bridgehead atoms. The zero-order valence-corrected chi connectivity index (χ0v) is 27.4. The van der Waals surface area contributed by atoms with E-state index in [4.69, 9.17) is 4.74 Å². The van der Waals surface area contributed by atoms with E-state index in [0.29, 0.717) is 38.7 Å². The molecule has 1 aliphatic rings. The van der Waals surface area contributed by atoms with Gasteiger partial charge in [-0.2, -0.15) is 0 Å². The van der Waals surface area contributed by atoms with Crippen LogP contribution in [0, 0.1) is 13.8 Å². The van der Waals surface area contributed by atoms with Crippen molar-refractivity contribution in [3.8, 4) is 5.75 Å². The summed E-state index contributed by atoms with van der Waals surface area (Å²) in [6, 6.07) is 30.0. The van der Waals surface area contributed by atoms with Gasteiger partial charge in [0.2, 0.25) is 5.13 Å². The minimum atomic E-state index is -0.870. The fourth-order valence-corrected chi connectivity index (χ4v) is 7.09. The Morgan fingerprint density at radius 1 is 0.891 bits per heavy atom. The molecule has 5 aromatic rings. The zero-order valence-electron chi connectivity index (χ0n) is 25.8. The van der Waals surface area contributed by atoms with Crippen LogP contribution in [0.1, 0.15) is 51.9 Å².